The Balaban J connectivity index is 1.46. The van der Waals surface area contributed by atoms with Crippen LogP contribution in [0.15, 0.2) is 72.8 Å². The molecule has 4 heterocycles. The summed E-state index contributed by atoms with van der Waals surface area (Å²) in [5, 5.41) is 5.63. The number of hydrogen-bond acceptors (Lipinski definition) is 2. The lowest BCUT2D eigenvalue weighted by molar-refractivity contribution is 0.590. The molecular weight excluding hydrogens is 447 g/mol. The Labute approximate surface area is 218 Å². The second kappa shape index (κ2) is 6.58. The first-order chi connectivity index (χ1) is 18.0. The van der Waals surface area contributed by atoms with Gasteiger partial charge in [-0.2, -0.15) is 0 Å². The first-order valence-corrected chi connectivity index (χ1v) is 13.8. The third kappa shape index (κ3) is 2.43. The zero-order chi connectivity index (χ0) is 24.6. The van der Waals surface area contributed by atoms with Crippen molar-refractivity contribution >= 4 is 67.4 Å². The van der Waals surface area contributed by atoms with Crippen molar-refractivity contribution in [3.8, 4) is 0 Å². The molecule has 0 unspecified atom stereocenters. The smallest absolute Gasteiger partial charge is 0.252 e. The van der Waals surface area contributed by atoms with Gasteiger partial charge in [0, 0.05) is 35.8 Å². The lowest BCUT2D eigenvalue weighted by Gasteiger charge is -2.43. The SMILES string of the molecule is CC(C)(C)c1cc2c3c(c1)N1CCc4c1c(cc1ccccc41)B3c1cc3ccccc3c3c1N2CC3. The number of anilines is 4. The van der Waals surface area contributed by atoms with Gasteiger partial charge in [0.1, 0.15) is 0 Å². The summed E-state index contributed by atoms with van der Waals surface area (Å²) < 4.78 is 0. The zero-order valence-electron chi connectivity index (χ0n) is 21.7. The number of hydrogen-bond donors (Lipinski definition) is 0. The summed E-state index contributed by atoms with van der Waals surface area (Å²) in [6.45, 7) is 9.49. The molecule has 37 heavy (non-hydrogen) atoms. The minimum atomic E-state index is 0.0967. The van der Waals surface area contributed by atoms with Gasteiger partial charge in [0.25, 0.3) is 6.71 Å². The van der Waals surface area contributed by atoms with Crippen molar-refractivity contribution < 1.29 is 0 Å². The summed E-state index contributed by atoms with van der Waals surface area (Å²) >= 11 is 0. The molecule has 4 aliphatic rings. The maximum Gasteiger partial charge on any atom is 0.252 e. The molecule has 0 N–H and O–H groups in total. The molecule has 5 aromatic carbocycles. The maximum atomic E-state index is 2.67. The molecule has 2 nitrogen and oxygen atoms in total. The van der Waals surface area contributed by atoms with Crippen LogP contribution in [-0.4, -0.2) is 19.8 Å². The summed E-state index contributed by atoms with van der Waals surface area (Å²) in [6.07, 6.45) is 2.23. The van der Waals surface area contributed by atoms with Crippen molar-refractivity contribution in [2.75, 3.05) is 22.9 Å². The first-order valence-electron chi connectivity index (χ1n) is 13.8. The van der Waals surface area contributed by atoms with E-state index in [9.17, 15) is 0 Å². The monoisotopic (exact) mass is 476 g/mol. The molecule has 0 radical (unpaired) electrons. The predicted octanol–water partition coefficient (Wildman–Crippen LogP) is 5.82. The van der Waals surface area contributed by atoms with E-state index >= 15 is 0 Å². The normalized spacial score (nSPS) is 16.5. The van der Waals surface area contributed by atoms with Crippen LogP contribution in [0.25, 0.3) is 21.5 Å². The quantitative estimate of drug-likeness (QED) is 0.260. The van der Waals surface area contributed by atoms with E-state index in [0.29, 0.717) is 0 Å². The van der Waals surface area contributed by atoms with Gasteiger partial charge in [-0.1, -0.05) is 81.4 Å². The first kappa shape index (κ1) is 20.4. The fraction of sp³-hybridized carbons (Fsp3) is 0.235. The van der Waals surface area contributed by atoms with Crippen LogP contribution in [0, 0.1) is 0 Å². The fourth-order valence-corrected chi connectivity index (χ4v) is 7.88. The van der Waals surface area contributed by atoms with Gasteiger partial charge in [0.05, 0.1) is 0 Å². The molecule has 0 saturated carbocycles. The molecule has 0 aromatic heterocycles. The Morgan fingerprint density at radius 3 is 1.62 bits per heavy atom. The minimum absolute atomic E-state index is 0.0967. The summed E-state index contributed by atoms with van der Waals surface area (Å²) in [5.74, 6) is 0. The Bertz CT molecular complexity index is 1720. The van der Waals surface area contributed by atoms with Gasteiger partial charge in [-0.05, 0) is 85.0 Å². The molecule has 5 aromatic rings. The van der Waals surface area contributed by atoms with Gasteiger partial charge >= 0.3 is 0 Å². The van der Waals surface area contributed by atoms with Crippen molar-refractivity contribution in [1.82, 2.24) is 0 Å². The number of nitrogens with zero attached hydrogens (tertiary/aromatic N) is 2. The van der Waals surface area contributed by atoms with Crippen LogP contribution in [0.3, 0.4) is 0 Å². The van der Waals surface area contributed by atoms with E-state index in [4.69, 9.17) is 0 Å². The third-order valence-corrected chi connectivity index (χ3v) is 9.52. The van der Waals surface area contributed by atoms with Gasteiger partial charge in [-0.3, -0.25) is 0 Å². The van der Waals surface area contributed by atoms with Crippen molar-refractivity contribution in [2.45, 2.75) is 39.0 Å². The Morgan fingerprint density at radius 1 is 0.649 bits per heavy atom. The average molecular weight is 476 g/mol. The van der Waals surface area contributed by atoms with Crippen LogP contribution in [0.4, 0.5) is 22.7 Å². The standard InChI is InChI=1S/C34H29BN2/c1-34(2,3)22-18-29-31-30(19-22)37-15-13-26-24-11-7-5-9-21(24)17-28(33(26)37)35(31)27-16-20-8-4-6-10-23(20)25-12-14-36(29)32(25)27/h4-11,16-19H,12-15H2,1-3H3. The van der Waals surface area contributed by atoms with Gasteiger partial charge in [0.2, 0.25) is 0 Å². The van der Waals surface area contributed by atoms with E-state index in [1.54, 1.807) is 11.1 Å². The molecule has 9 rings (SSSR count). The average Bonchev–Trinajstić information content (AvgIpc) is 3.54. The molecule has 4 aliphatic heterocycles. The molecule has 0 bridgehead atoms. The van der Waals surface area contributed by atoms with E-state index in [0.717, 1.165) is 25.9 Å². The van der Waals surface area contributed by atoms with Crippen LogP contribution in [-0.2, 0) is 18.3 Å². The van der Waals surface area contributed by atoms with Gasteiger partial charge in [-0.25, -0.2) is 0 Å². The van der Waals surface area contributed by atoms with E-state index in [2.05, 4.69) is 103 Å². The molecule has 0 amide bonds. The zero-order valence-corrected chi connectivity index (χ0v) is 21.7. The minimum Gasteiger partial charge on any atom is -0.342 e. The largest absolute Gasteiger partial charge is 0.342 e. The summed E-state index contributed by atoms with van der Waals surface area (Å²) in [7, 11) is 0. The van der Waals surface area contributed by atoms with E-state index in [1.165, 1.54) is 66.2 Å². The number of benzene rings is 5. The molecule has 178 valence electrons. The lowest BCUT2D eigenvalue weighted by Crippen LogP contribution is -2.61. The predicted molar refractivity (Wildman–Crippen MR) is 159 cm³/mol. The summed E-state index contributed by atoms with van der Waals surface area (Å²) in [4.78, 5) is 5.34. The third-order valence-electron chi connectivity index (χ3n) is 9.52. The van der Waals surface area contributed by atoms with E-state index < -0.39 is 0 Å². The van der Waals surface area contributed by atoms with E-state index in [-0.39, 0.29) is 12.1 Å². The molecule has 3 heteroatoms. The lowest BCUT2D eigenvalue weighted by atomic mass is 9.33. The fourth-order valence-electron chi connectivity index (χ4n) is 7.88. The summed E-state index contributed by atoms with van der Waals surface area (Å²) in [6, 6.07) is 28.2. The second-order valence-corrected chi connectivity index (χ2v) is 12.4. The van der Waals surface area contributed by atoms with Crippen LogP contribution in [0.1, 0.15) is 37.5 Å². The highest BCUT2D eigenvalue weighted by molar-refractivity contribution is 7.00. The van der Waals surface area contributed by atoms with Crippen LogP contribution in [0.2, 0.25) is 0 Å². The Kier molecular flexibility index (Phi) is 3.62. The van der Waals surface area contributed by atoms with Gasteiger partial charge < -0.3 is 9.80 Å². The molecule has 0 aliphatic carbocycles. The van der Waals surface area contributed by atoms with Crippen molar-refractivity contribution in [3.63, 3.8) is 0 Å². The Hall–Kier alpha value is -3.72. The highest BCUT2D eigenvalue weighted by Crippen LogP contribution is 2.47. The number of rotatable bonds is 0. The van der Waals surface area contributed by atoms with Gasteiger partial charge in [-0.15, -0.1) is 0 Å². The maximum absolute atomic E-state index is 2.67. The Morgan fingerprint density at radius 2 is 1.14 bits per heavy atom. The van der Waals surface area contributed by atoms with Crippen molar-refractivity contribution in [2.24, 2.45) is 0 Å². The van der Waals surface area contributed by atoms with Crippen molar-refractivity contribution in [3.05, 3.63) is 89.5 Å². The van der Waals surface area contributed by atoms with Crippen molar-refractivity contribution in [1.29, 1.82) is 0 Å². The van der Waals surface area contributed by atoms with Crippen LogP contribution < -0.4 is 26.2 Å². The highest BCUT2D eigenvalue weighted by Gasteiger charge is 2.47. The molecular formula is C34H29BN2. The second-order valence-electron chi connectivity index (χ2n) is 12.4. The molecule has 0 spiro atoms. The topological polar surface area (TPSA) is 6.48 Å². The van der Waals surface area contributed by atoms with Crippen LogP contribution >= 0.6 is 0 Å². The molecule has 0 fully saturated rings. The molecule has 0 saturated heterocycles. The highest BCUT2D eigenvalue weighted by atomic mass is 15.2. The number of fused-ring (bicyclic) bond motifs is 8. The summed E-state index contributed by atoms with van der Waals surface area (Å²) in [5.41, 5.74) is 15.0. The van der Waals surface area contributed by atoms with Crippen LogP contribution in [0.5, 0.6) is 0 Å². The van der Waals surface area contributed by atoms with E-state index in [1.807, 2.05) is 0 Å². The molecule has 0 atom stereocenters. The van der Waals surface area contributed by atoms with Gasteiger partial charge in [0.15, 0.2) is 0 Å².